The number of ether oxygens (including phenoxy) is 1. The van der Waals surface area contributed by atoms with Gasteiger partial charge in [0, 0.05) is 21.9 Å². The summed E-state index contributed by atoms with van der Waals surface area (Å²) in [5, 5.41) is 3.47. The van der Waals surface area contributed by atoms with Crippen molar-refractivity contribution in [3.8, 4) is 4.90 Å². The van der Waals surface area contributed by atoms with Gasteiger partial charge in [-0.05, 0) is 79.8 Å². The van der Waals surface area contributed by atoms with Crippen molar-refractivity contribution in [2.24, 2.45) is 0 Å². The van der Waals surface area contributed by atoms with Crippen molar-refractivity contribution in [1.82, 2.24) is 0 Å². The van der Waals surface area contributed by atoms with Crippen molar-refractivity contribution in [2.75, 3.05) is 0 Å². The number of esters is 1. The summed E-state index contributed by atoms with van der Waals surface area (Å²) in [6.45, 7) is 0. The zero-order valence-corrected chi connectivity index (χ0v) is 17.3. The van der Waals surface area contributed by atoms with E-state index in [9.17, 15) is 9.18 Å². The molecule has 30 heavy (non-hydrogen) atoms. The first-order valence-corrected chi connectivity index (χ1v) is 11.5. The van der Waals surface area contributed by atoms with Crippen molar-refractivity contribution in [1.29, 1.82) is 0 Å². The van der Waals surface area contributed by atoms with Gasteiger partial charge < -0.3 is 4.74 Å². The van der Waals surface area contributed by atoms with E-state index in [0.717, 1.165) is 31.2 Å². The highest BCUT2D eigenvalue weighted by Gasteiger charge is 2.40. The number of carbonyl (C=O) groups excluding carboxylic acids is 1. The Bertz CT molecular complexity index is 1200. The average Bonchev–Trinajstić information content (AvgIpc) is 3.42. The zero-order chi connectivity index (χ0) is 20.6. The minimum absolute atomic E-state index is 0.106. The second kappa shape index (κ2) is 7.69. The van der Waals surface area contributed by atoms with E-state index in [2.05, 4.69) is 29.6 Å². The number of halogens is 1. The molecule has 1 aromatic heterocycles. The van der Waals surface area contributed by atoms with E-state index < -0.39 is 5.60 Å². The molecule has 0 spiro atoms. The van der Waals surface area contributed by atoms with E-state index >= 15 is 0 Å². The molecule has 1 aliphatic carbocycles. The summed E-state index contributed by atoms with van der Waals surface area (Å²) in [4.78, 5) is 14.1. The quantitative estimate of drug-likeness (QED) is 0.256. The second-order valence-corrected chi connectivity index (χ2v) is 9.66. The number of hydrogen-bond donors (Lipinski definition) is 0. The van der Waals surface area contributed by atoms with Gasteiger partial charge >= 0.3 is 5.97 Å². The van der Waals surface area contributed by atoms with Gasteiger partial charge in [-0.25, -0.2) is 9.18 Å². The van der Waals surface area contributed by atoms with Gasteiger partial charge in [-0.2, -0.15) is 0 Å². The van der Waals surface area contributed by atoms with Gasteiger partial charge in [-0.1, -0.05) is 24.3 Å². The standard InChI is InChI=1S/C26H22FO2S/c27-22-8-5-7-21(18-22)26(15-3-4-16-26)29-25(28)20-10-12-23(13-11-20)30-17-14-19-6-1-2-9-24(19)30/h1-2,5-14,17-18H,3-4,15-16H2/q+1. The number of benzene rings is 3. The average molecular weight is 418 g/mol. The summed E-state index contributed by atoms with van der Waals surface area (Å²) in [6, 6.07) is 24.7. The molecule has 5 rings (SSSR count). The second-order valence-electron chi connectivity index (χ2n) is 7.80. The Balaban J connectivity index is 1.41. The monoisotopic (exact) mass is 417 g/mol. The molecule has 1 aliphatic rings. The van der Waals surface area contributed by atoms with Crippen molar-refractivity contribution >= 4 is 26.5 Å². The Labute approximate surface area is 177 Å². The lowest BCUT2D eigenvalue weighted by Crippen LogP contribution is -2.29. The molecule has 0 amide bonds. The van der Waals surface area contributed by atoms with Gasteiger partial charge in [0.05, 0.1) is 5.56 Å². The van der Waals surface area contributed by atoms with E-state index in [4.69, 9.17) is 4.74 Å². The Morgan fingerprint density at radius 2 is 1.67 bits per heavy atom. The molecule has 1 unspecified atom stereocenters. The summed E-state index contributed by atoms with van der Waals surface area (Å²) in [7, 11) is -0.106. The number of carbonyl (C=O) groups is 1. The van der Waals surface area contributed by atoms with Crippen LogP contribution in [0, 0.1) is 5.82 Å². The smallest absolute Gasteiger partial charge is 0.339 e. The van der Waals surface area contributed by atoms with Crippen LogP contribution in [0.3, 0.4) is 0 Å². The lowest BCUT2D eigenvalue weighted by atomic mass is 9.91. The molecule has 4 heteroatoms. The van der Waals surface area contributed by atoms with Crippen LogP contribution in [0.4, 0.5) is 4.39 Å². The number of thiophene rings is 1. The first-order chi connectivity index (χ1) is 14.6. The predicted octanol–water partition coefficient (Wildman–Crippen LogP) is 7.34. The molecule has 3 aromatic carbocycles. The Kier molecular flexibility index (Phi) is 4.87. The topological polar surface area (TPSA) is 26.3 Å². The van der Waals surface area contributed by atoms with Crippen LogP contribution in [-0.2, 0) is 10.3 Å². The van der Waals surface area contributed by atoms with Crippen LogP contribution in [0.5, 0.6) is 0 Å². The van der Waals surface area contributed by atoms with Gasteiger partial charge in [0.1, 0.15) is 16.8 Å². The van der Waals surface area contributed by atoms with Crippen LogP contribution in [0.1, 0.15) is 41.6 Å². The fourth-order valence-corrected chi connectivity index (χ4v) is 6.27. The van der Waals surface area contributed by atoms with E-state index in [1.807, 2.05) is 36.4 Å². The van der Waals surface area contributed by atoms with Gasteiger partial charge in [0.2, 0.25) is 0 Å². The summed E-state index contributed by atoms with van der Waals surface area (Å²) >= 11 is 0. The maximum absolute atomic E-state index is 13.8. The molecule has 4 aromatic rings. The van der Waals surface area contributed by atoms with Gasteiger partial charge in [-0.3, -0.25) is 0 Å². The molecule has 1 atom stereocenters. The number of hydrogen-bond acceptors (Lipinski definition) is 2. The van der Waals surface area contributed by atoms with Crippen LogP contribution in [0.15, 0.2) is 84.2 Å². The van der Waals surface area contributed by atoms with E-state index in [-0.39, 0.29) is 22.3 Å². The number of fused-ring (bicyclic) bond motifs is 1. The molecule has 1 heterocycles. The minimum Gasteiger partial charge on any atom is -0.451 e. The van der Waals surface area contributed by atoms with Gasteiger partial charge in [-0.15, -0.1) is 0 Å². The third-order valence-electron chi connectivity index (χ3n) is 5.93. The third-order valence-corrected chi connectivity index (χ3v) is 7.97. The molecule has 1 saturated carbocycles. The van der Waals surface area contributed by atoms with Crippen LogP contribution >= 0.6 is 10.5 Å². The van der Waals surface area contributed by atoms with Gasteiger partial charge in [0.15, 0.2) is 9.60 Å². The maximum Gasteiger partial charge on any atom is 0.339 e. The van der Waals surface area contributed by atoms with E-state index in [0.29, 0.717) is 5.56 Å². The minimum atomic E-state index is -0.729. The van der Waals surface area contributed by atoms with Crippen molar-refractivity contribution < 1.29 is 13.9 Å². The van der Waals surface area contributed by atoms with Crippen LogP contribution < -0.4 is 0 Å². The highest BCUT2D eigenvalue weighted by atomic mass is 32.2. The van der Waals surface area contributed by atoms with Gasteiger partial charge in [0.25, 0.3) is 0 Å². The molecule has 150 valence electrons. The highest BCUT2D eigenvalue weighted by Crippen LogP contribution is 2.43. The molecule has 0 N–H and O–H groups in total. The molecule has 2 nitrogen and oxygen atoms in total. The fraction of sp³-hybridized carbons (Fsp3) is 0.192. The number of rotatable bonds is 4. The lowest BCUT2D eigenvalue weighted by molar-refractivity contribution is -0.0185. The SMILES string of the molecule is O=C(OC1(c2cccc(F)c2)CCCC1)c1ccc(-[s+]2ccc3ccccc32)cc1. The Morgan fingerprint density at radius 3 is 2.43 bits per heavy atom. The molecule has 0 saturated heterocycles. The summed E-state index contributed by atoms with van der Waals surface area (Å²) in [5.41, 5.74) is 0.549. The fourth-order valence-electron chi connectivity index (χ4n) is 4.38. The van der Waals surface area contributed by atoms with Crippen LogP contribution in [-0.4, -0.2) is 5.97 Å². The van der Waals surface area contributed by atoms with E-state index in [1.165, 1.54) is 27.1 Å². The lowest BCUT2D eigenvalue weighted by Gasteiger charge is -2.29. The molecular weight excluding hydrogens is 395 g/mol. The highest BCUT2D eigenvalue weighted by molar-refractivity contribution is 7.43. The van der Waals surface area contributed by atoms with E-state index in [1.54, 1.807) is 6.07 Å². The summed E-state index contributed by atoms with van der Waals surface area (Å²) < 4.78 is 21.1. The largest absolute Gasteiger partial charge is 0.451 e. The molecule has 0 bridgehead atoms. The maximum atomic E-state index is 13.8. The predicted molar refractivity (Wildman–Crippen MR) is 120 cm³/mol. The summed E-state index contributed by atoms with van der Waals surface area (Å²) in [5.74, 6) is -0.650. The first kappa shape index (κ1) is 19.0. The Hall–Kier alpha value is -2.98. The Morgan fingerprint density at radius 1 is 0.900 bits per heavy atom. The van der Waals surface area contributed by atoms with Crippen LogP contribution in [0.25, 0.3) is 15.0 Å². The molecule has 0 radical (unpaired) electrons. The van der Waals surface area contributed by atoms with Crippen LogP contribution in [0.2, 0.25) is 0 Å². The van der Waals surface area contributed by atoms with Crippen molar-refractivity contribution in [3.05, 3.63) is 101 Å². The van der Waals surface area contributed by atoms with Crippen molar-refractivity contribution in [3.63, 3.8) is 0 Å². The molecular formula is C26H22FO2S+. The first-order valence-electron chi connectivity index (χ1n) is 10.2. The summed E-state index contributed by atoms with van der Waals surface area (Å²) in [6.07, 6.45) is 3.39. The molecule has 1 fully saturated rings. The molecule has 0 aliphatic heterocycles. The third kappa shape index (κ3) is 3.41. The van der Waals surface area contributed by atoms with Crippen molar-refractivity contribution in [2.45, 2.75) is 31.3 Å². The zero-order valence-electron chi connectivity index (χ0n) is 16.5. The normalized spacial score (nSPS) is 16.0.